The lowest BCUT2D eigenvalue weighted by Gasteiger charge is -2.23. The van der Waals surface area contributed by atoms with Gasteiger partial charge in [0.15, 0.2) is 0 Å². The van der Waals surface area contributed by atoms with E-state index in [0.29, 0.717) is 34.0 Å². The molecular formula is C23H27FIN3O4S. The van der Waals surface area contributed by atoms with Gasteiger partial charge in [-0.3, -0.25) is 14.4 Å². The van der Waals surface area contributed by atoms with Gasteiger partial charge in [-0.05, 0) is 72.0 Å². The molecule has 2 amide bonds. The summed E-state index contributed by atoms with van der Waals surface area (Å²) in [6.45, 7) is 8.19. The maximum atomic E-state index is 14.5. The fraction of sp³-hybridized carbons (Fsp3) is 0.435. The number of thiophene rings is 1. The minimum atomic E-state index is -0.484. The van der Waals surface area contributed by atoms with Gasteiger partial charge in [-0.2, -0.15) is 0 Å². The number of nitrogens with one attached hydrogen (secondary N) is 3. The summed E-state index contributed by atoms with van der Waals surface area (Å²) >= 11 is 3.14. The standard InChI is InChI=1S/C23H27FIN3O4S/c1-5-32-17(29)8-12(2)27-20(30)18-14-10-23(3,4)11-26-21(31)19(14)33-22(18)28-16-7-6-13(25)9-15(16)24/h6-7,9,12,28H,5,8,10-11H2,1-4H3,(H,26,31)(H,27,30). The summed E-state index contributed by atoms with van der Waals surface area (Å²) in [5, 5.41) is 9.14. The fourth-order valence-corrected chi connectivity index (χ4v) is 5.22. The average molecular weight is 587 g/mol. The minimum absolute atomic E-state index is 0.0202. The van der Waals surface area contributed by atoms with Gasteiger partial charge >= 0.3 is 5.97 Å². The molecule has 0 spiro atoms. The van der Waals surface area contributed by atoms with Crippen LogP contribution in [0.2, 0.25) is 0 Å². The molecule has 0 saturated carbocycles. The number of hydrogen-bond acceptors (Lipinski definition) is 6. The van der Waals surface area contributed by atoms with Gasteiger partial charge in [0.1, 0.15) is 10.8 Å². The second kappa shape index (κ2) is 10.4. The molecule has 10 heteroatoms. The molecule has 33 heavy (non-hydrogen) atoms. The van der Waals surface area contributed by atoms with Crippen LogP contribution in [0.4, 0.5) is 15.1 Å². The van der Waals surface area contributed by atoms with Gasteiger partial charge in [-0.1, -0.05) is 13.8 Å². The van der Waals surface area contributed by atoms with Gasteiger partial charge in [0.2, 0.25) is 0 Å². The molecule has 0 aliphatic carbocycles. The van der Waals surface area contributed by atoms with Crippen LogP contribution in [0.25, 0.3) is 0 Å². The monoisotopic (exact) mass is 587 g/mol. The van der Waals surface area contributed by atoms with Crippen LogP contribution in [0.1, 0.15) is 59.7 Å². The van der Waals surface area contributed by atoms with Crippen LogP contribution in [0.5, 0.6) is 0 Å². The Labute approximate surface area is 210 Å². The molecule has 1 atom stereocenters. The highest BCUT2D eigenvalue weighted by Crippen LogP contribution is 2.40. The molecule has 1 aliphatic heterocycles. The zero-order valence-corrected chi connectivity index (χ0v) is 21.9. The molecule has 3 N–H and O–H groups in total. The normalized spacial score (nSPS) is 15.6. The molecule has 1 unspecified atom stereocenters. The van der Waals surface area contributed by atoms with Crippen LogP contribution in [0.3, 0.4) is 0 Å². The Morgan fingerprint density at radius 1 is 1.36 bits per heavy atom. The van der Waals surface area contributed by atoms with E-state index in [9.17, 15) is 18.8 Å². The van der Waals surface area contributed by atoms with Crippen molar-refractivity contribution in [3.63, 3.8) is 0 Å². The van der Waals surface area contributed by atoms with E-state index in [4.69, 9.17) is 4.74 Å². The third-order valence-electron chi connectivity index (χ3n) is 5.16. The number of carbonyl (C=O) groups excluding carboxylic acids is 3. The molecule has 2 aromatic rings. The first-order chi connectivity index (χ1) is 15.5. The SMILES string of the molecule is CCOC(=O)CC(C)NC(=O)c1c(Nc2ccc(I)cc2F)sc2c1CC(C)(C)CNC2=O. The first-order valence-corrected chi connectivity index (χ1v) is 12.5. The number of benzene rings is 1. The Morgan fingerprint density at radius 3 is 2.76 bits per heavy atom. The summed E-state index contributed by atoms with van der Waals surface area (Å²) in [7, 11) is 0. The Bertz CT molecular complexity index is 1090. The van der Waals surface area contributed by atoms with Crippen molar-refractivity contribution in [3.05, 3.63) is 43.6 Å². The van der Waals surface area contributed by atoms with E-state index in [0.717, 1.165) is 14.9 Å². The number of ether oxygens (including phenoxy) is 1. The maximum Gasteiger partial charge on any atom is 0.307 e. The lowest BCUT2D eigenvalue weighted by atomic mass is 9.85. The lowest BCUT2D eigenvalue weighted by Crippen LogP contribution is -2.35. The molecule has 0 fully saturated rings. The first kappa shape index (κ1) is 25.4. The summed E-state index contributed by atoms with van der Waals surface area (Å²) < 4.78 is 20.3. The summed E-state index contributed by atoms with van der Waals surface area (Å²) in [4.78, 5) is 38.4. The number of carbonyl (C=O) groups is 3. The number of anilines is 2. The van der Waals surface area contributed by atoms with Gasteiger partial charge in [-0.15, -0.1) is 11.3 Å². The van der Waals surface area contributed by atoms with E-state index in [-0.39, 0.29) is 30.0 Å². The minimum Gasteiger partial charge on any atom is -0.466 e. The molecule has 1 aromatic carbocycles. The van der Waals surface area contributed by atoms with Gasteiger partial charge in [-0.25, -0.2) is 4.39 Å². The summed E-state index contributed by atoms with van der Waals surface area (Å²) in [6, 6.07) is 4.25. The quantitative estimate of drug-likeness (QED) is 0.325. The number of amides is 2. The van der Waals surface area contributed by atoms with Crippen LogP contribution >= 0.6 is 33.9 Å². The van der Waals surface area contributed by atoms with Crippen LogP contribution in [0.15, 0.2) is 18.2 Å². The Kier molecular flexibility index (Phi) is 7.99. The van der Waals surface area contributed by atoms with Gasteiger partial charge in [0.05, 0.1) is 29.2 Å². The summed E-state index contributed by atoms with van der Waals surface area (Å²) in [6.07, 6.45) is 0.510. The van der Waals surface area contributed by atoms with E-state index in [2.05, 4.69) is 16.0 Å². The molecule has 3 rings (SSSR count). The van der Waals surface area contributed by atoms with Crippen molar-refractivity contribution < 1.29 is 23.5 Å². The first-order valence-electron chi connectivity index (χ1n) is 10.6. The molecule has 2 heterocycles. The predicted molar refractivity (Wildman–Crippen MR) is 135 cm³/mol. The Balaban J connectivity index is 2.00. The van der Waals surface area contributed by atoms with Crippen molar-refractivity contribution in [2.75, 3.05) is 18.5 Å². The number of esters is 1. The number of halogens is 2. The topological polar surface area (TPSA) is 96.5 Å². The molecule has 0 saturated heterocycles. The van der Waals surface area contributed by atoms with E-state index in [1.807, 2.05) is 36.4 Å². The second-order valence-electron chi connectivity index (χ2n) is 8.77. The molecule has 1 aliphatic rings. The third-order valence-corrected chi connectivity index (χ3v) is 6.98. The van der Waals surface area contributed by atoms with E-state index >= 15 is 0 Å². The maximum absolute atomic E-state index is 14.5. The number of fused-ring (bicyclic) bond motifs is 1. The number of hydrogen-bond donors (Lipinski definition) is 3. The van der Waals surface area contributed by atoms with Crippen LogP contribution in [-0.2, 0) is 16.0 Å². The van der Waals surface area contributed by atoms with Crippen molar-refractivity contribution in [1.82, 2.24) is 10.6 Å². The third kappa shape index (κ3) is 6.23. The van der Waals surface area contributed by atoms with E-state index in [1.54, 1.807) is 26.0 Å². The number of rotatable bonds is 7. The Morgan fingerprint density at radius 2 is 2.09 bits per heavy atom. The summed E-state index contributed by atoms with van der Waals surface area (Å²) in [5.74, 6) is -1.56. The van der Waals surface area contributed by atoms with E-state index < -0.39 is 23.7 Å². The predicted octanol–water partition coefficient (Wildman–Crippen LogP) is 4.62. The van der Waals surface area contributed by atoms with Crippen LogP contribution < -0.4 is 16.0 Å². The highest BCUT2D eigenvalue weighted by molar-refractivity contribution is 14.1. The zero-order chi connectivity index (χ0) is 24.3. The average Bonchev–Trinajstić information content (AvgIpc) is 3.00. The van der Waals surface area contributed by atoms with Crippen LogP contribution in [-0.4, -0.2) is 37.0 Å². The van der Waals surface area contributed by atoms with E-state index in [1.165, 1.54) is 6.07 Å². The van der Waals surface area contributed by atoms with Crippen LogP contribution in [0, 0.1) is 14.8 Å². The van der Waals surface area contributed by atoms with Crippen molar-refractivity contribution in [2.24, 2.45) is 5.41 Å². The lowest BCUT2D eigenvalue weighted by molar-refractivity contribution is -0.143. The Hall–Kier alpha value is -2.21. The van der Waals surface area contributed by atoms with Gasteiger partial charge < -0.3 is 20.7 Å². The van der Waals surface area contributed by atoms with Gasteiger partial charge in [0.25, 0.3) is 11.8 Å². The summed E-state index contributed by atoms with van der Waals surface area (Å²) in [5.41, 5.74) is 0.849. The fourth-order valence-electron chi connectivity index (χ4n) is 3.62. The second-order valence-corrected chi connectivity index (χ2v) is 11.0. The zero-order valence-electron chi connectivity index (χ0n) is 18.9. The molecule has 1 aromatic heterocycles. The van der Waals surface area contributed by atoms with Crippen molar-refractivity contribution in [2.45, 2.75) is 46.6 Å². The van der Waals surface area contributed by atoms with Crippen molar-refractivity contribution >= 4 is 62.4 Å². The molecule has 0 radical (unpaired) electrons. The molecular weight excluding hydrogens is 560 g/mol. The highest BCUT2D eigenvalue weighted by Gasteiger charge is 2.35. The molecule has 0 bridgehead atoms. The smallest absolute Gasteiger partial charge is 0.307 e. The molecule has 7 nitrogen and oxygen atoms in total. The van der Waals surface area contributed by atoms with Crippen molar-refractivity contribution in [1.29, 1.82) is 0 Å². The van der Waals surface area contributed by atoms with Crippen molar-refractivity contribution in [3.8, 4) is 0 Å². The molecule has 178 valence electrons. The largest absolute Gasteiger partial charge is 0.466 e. The van der Waals surface area contributed by atoms with Gasteiger partial charge in [0, 0.05) is 16.2 Å². The highest BCUT2D eigenvalue weighted by atomic mass is 127.